The third kappa shape index (κ3) is 7.88. The molecule has 5 aromatic rings. The SMILES string of the molecule is Cc1ccc(C(=O)Nc2ccc(N3CCC(N(C)Cc4ccc(N5CCC(=O)NC5=O)cn4)CC3)c(C(F)(F)F)c2)cc1C#Cc1cnc2cccnn12. The van der Waals surface area contributed by atoms with Crippen LogP contribution in [0, 0.1) is 18.8 Å². The number of piperidine rings is 1. The molecule has 276 valence electrons. The van der Waals surface area contributed by atoms with Crippen molar-refractivity contribution in [3.05, 3.63) is 113 Å². The minimum Gasteiger partial charge on any atom is -0.371 e. The number of anilines is 3. The lowest BCUT2D eigenvalue weighted by atomic mass is 10.0. The molecule has 2 fully saturated rings. The zero-order valence-electron chi connectivity index (χ0n) is 29.5. The van der Waals surface area contributed by atoms with Gasteiger partial charge in [-0.3, -0.25) is 29.7 Å². The molecule has 2 aliphatic rings. The first-order chi connectivity index (χ1) is 25.9. The molecule has 3 aromatic heterocycles. The lowest BCUT2D eigenvalue weighted by Gasteiger charge is -2.38. The summed E-state index contributed by atoms with van der Waals surface area (Å²) in [5, 5.41) is 9.18. The molecular formula is C39H36F3N9O3. The number of rotatable bonds is 7. The van der Waals surface area contributed by atoms with Crippen molar-refractivity contribution in [1.82, 2.24) is 29.8 Å². The number of hydrogen-bond acceptors (Lipinski definition) is 8. The van der Waals surface area contributed by atoms with Crippen LogP contribution in [-0.2, 0) is 17.5 Å². The molecule has 2 saturated heterocycles. The number of fused-ring (bicyclic) bond motifs is 1. The van der Waals surface area contributed by atoms with Crippen molar-refractivity contribution in [2.75, 3.05) is 41.8 Å². The molecule has 2 N–H and O–H groups in total. The zero-order chi connectivity index (χ0) is 38.0. The number of aromatic nitrogens is 4. The van der Waals surface area contributed by atoms with Gasteiger partial charge in [-0.25, -0.2) is 14.3 Å². The summed E-state index contributed by atoms with van der Waals surface area (Å²) in [5.74, 6) is 5.24. The fourth-order valence-corrected chi connectivity index (χ4v) is 6.68. The Morgan fingerprint density at radius 3 is 2.56 bits per heavy atom. The van der Waals surface area contributed by atoms with Crippen LogP contribution >= 0.6 is 0 Å². The molecule has 5 heterocycles. The largest absolute Gasteiger partial charge is 0.418 e. The average Bonchev–Trinajstić information content (AvgIpc) is 3.57. The molecule has 2 aromatic carbocycles. The van der Waals surface area contributed by atoms with E-state index in [2.05, 4.69) is 42.4 Å². The molecule has 0 atom stereocenters. The molecule has 54 heavy (non-hydrogen) atoms. The fraction of sp³-hybridized carbons (Fsp3) is 0.282. The Bertz CT molecular complexity index is 2290. The van der Waals surface area contributed by atoms with E-state index < -0.39 is 23.7 Å². The standard InChI is InChI=1S/C39H36F3N9O3/c1-25-5-6-27(20-26(25)7-10-32-23-44-35-4-3-16-45-51(32)35)37(53)46-28-9-12-34(33(21-28)39(40,41)42)49-17-13-30(14-18-49)48(2)24-29-8-11-31(22-43-29)50-19-15-36(52)47-38(50)54/h3-6,8-9,11-12,16,20-23,30H,13-15,17-19,24H2,1-2H3,(H,46,53)(H,47,52,54). The van der Waals surface area contributed by atoms with Crippen LogP contribution in [0.1, 0.15) is 57.7 Å². The number of urea groups is 1. The Balaban J connectivity index is 0.984. The third-order valence-corrected chi connectivity index (χ3v) is 9.68. The maximum absolute atomic E-state index is 14.5. The van der Waals surface area contributed by atoms with Crippen molar-refractivity contribution in [1.29, 1.82) is 0 Å². The molecule has 0 saturated carbocycles. The summed E-state index contributed by atoms with van der Waals surface area (Å²) in [4.78, 5) is 51.0. The third-order valence-electron chi connectivity index (χ3n) is 9.68. The maximum atomic E-state index is 14.5. The van der Waals surface area contributed by atoms with Gasteiger partial charge in [-0.15, -0.1) is 0 Å². The number of imidazole rings is 1. The molecule has 0 spiro atoms. The number of carbonyl (C=O) groups excluding carboxylic acids is 3. The molecule has 4 amide bonds. The van der Waals surface area contributed by atoms with Crippen molar-refractivity contribution in [3.8, 4) is 11.8 Å². The van der Waals surface area contributed by atoms with E-state index in [1.54, 1.807) is 58.3 Å². The molecular weight excluding hydrogens is 699 g/mol. The minimum atomic E-state index is -4.65. The molecule has 15 heteroatoms. The van der Waals surface area contributed by atoms with Crippen molar-refractivity contribution >= 4 is 40.6 Å². The number of carbonyl (C=O) groups is 3. The van der Waals surface area contributed by atoms with Crippen molar-refractivity contribution in [2.45, 2.75) is 44.9 Å². The summed E-state index contributed by atoms with van der Waals surface area (Å²) in [5.41, 5.74) is 3.54. The number of aryl methyl sites for hydroxylation is 1. The summed E-state index contributed by atoms with van der Waals surface area (Å²) in [7, 11) is 1.96. The van der Waals surface area contributed by atoms with E-state index in [0.717, 1.165) is 17.3 Å². The highest BCUT2D eigenvalue weighted by Crippen LogP contribution is 2.39. The van der Waals surface area contributed by atoms with Crippen LogP contribution in [0.5, 0.6) is 0 Å². The Hall–Kier alpha value is -6.27. The van der Waals surface area contributed by atoms with Gasteiger partial charge in [0.2, 0.25) is 5.91 Å². The van der Waals surface area contributed by atoms with Crippen molar-refractivity contribution in [2.24, 2.45) is 0 Å². The number of alkyl halides is 3. The minimum absolute atomic E-state index is 0.0311. The maximum Gasteiger partial charge on any atom is 0.418 e. The van der Waals surface area contributed by atoms with Gasteiger partial charge in [0, 0.05) is 67.3 Å². The summed E-state index contributed by atoms with van der Waals surface area (Å²) in [6, 6.07) is 15.7. The Kier molecular flexibility index (Phi) is 10.0. The predicted molar refractivity (Wildman–Crippen MR) is 196 cm³/mol. The van der Waals surface area contributed by atoms with E-state index in [-0.39, 0.29) is 41.9 Å². The van der Waals surface area contributed by atoms with Gasteiger partial charge in [-0.2, -0.15) is 18.3 Å². The molecule has 2 aliphatic heterocycles. The van der Waals surface area contributed by atoms with Gasteiger partial charge in [0.05, 0.1) is 29.3 Å². The average molecular weight is 736 g/mol. The molecule has 0 aliphatic carbocycles. The molecule has 12 nitrogen and oxygen atoms in total. The molecule has 0 bridgehead atoms. The van der Waals surface area contributed by atoms with Crippen molar-refractivity contribution in [3.63, 3.8) is 0 Å². The van der Waals surface area contributed by atoms with Crippen LogP contribution in [-0.4, -0.2) is 75.1 Å². The summed E-state index contributed by atoms with van der Waals surface area (Å²) in [6.45, 7) is 3.49. The first kappa shape index (κ1) is 36.1. The van der Waals surface area contributed by atoms with Crippen LogP contribution in [0.25, 0.3) is 5.65 Å². The Labute approximate surface area is 309 Å². The van der Waals surface area contributed by atoms with Gasteiger partial charge in [-0.05, 0) is 92.9 Å². The fourth-order valence-electron chi connectivity index (χ4n) is 6.68. The molecule has 0 unspecified atom stereocenters. The van der Waals surface area contributed by atoms with Gasteiger partial charge in [0.1, 0.15) is 5.69 Å². The number of nitrogens with one attached hydrogen (secondary N) is 2. The number of amides is 4. The number of pyridine rings is 1. The highest BCUT2D eigenvalue weighted by Gasteiger charge is 2.36. The van der Waals surface area contributed by atoms with Crippen LogP contribution < -0.4 is 20.4 Å². The van der Waals surface area contributed by atoms with Crippen LogP contribution in [0.2, 0.25) is 0 Å². The second kappa shape index (κ2) is 15.0. The van der Waals surface area contributed by atoms with E-state index in [1.807, 2.05) is 26.1 Å². The van der Waals surface area contributed by atoms with Gasteiger partial charge >= 0.3 is 12.2 Å². The van der Waals surface area contributed by atoms with Crippen LogP contribution in [0.3, 0.4) is 0 Å². The van der Waals surface area contributed by atoms with Gasteiger partial charge < -0.3 is 10.2 Å². The van der Waals surface area contributed by atoms with E-state index in [0.29, 0.717) is 55.1 Å². The van der Waals surface area contributed by atoms with Gasteiger partial charge in [0.15, 0.2) is 5.65 Å². The monoisotopic (exact) mass is 735 g/mol. The topological polar surface area (TPSA) is 128 Å². The number of imide groups is 1. The summed E-state index contributed by atoms with van der Waals surface area (Å²) >= 11 is 0. The molecule has 0 radical (unpaired) electrons. The van der Waals surface area contributed by atoms with Crippen molar-refractivity contribution < 1.29 is 27.6 Å². The Morgan fingerprint density at radius 1 is 1.00 bits per heavy atom. The van der Waals surface area contributed by atoms with Crippen LogP contribution in [0.15, 0.2) is 79.3 Å². The highest BCUT2D eigenvalue weighted by atomic mass is 19.4. The lowest BCUT2D eigenvalue weighted by Crippen LogP contribution is -2.49. The first-order valence-electron chi connectivity index (χ1n) is 17.4. The Morgan fingerprint density at radius 2 is 1.81 bits per heavy atom. The predicted octanol–water partition coefficient (Wildman–Crippen LogP) is 5.65. The van der Waals surface area contributed by atoms with E-state index in [1.165, 1.54) is 17.0 Å². The number of benzene rings is 2. The second-order valence-corrected chi connectivity index (χ2v) is 13.3. The summed E-state index contributed by atoms with van der Waals surface area (Å²) < 4.78 is 45.0. The smallest absolute Gasteiger partial charge is 0.371 e. The number of hydrogen-bond donors (Lipinski definition) is 2. The van der Waals surface area contributed by atoms with E-state index >= 15 is 0 Å². The zero-order valence-corrected chi connectivity index (χ0v) is 29.5. The van der Waals surface area contributed by atoms with E-state index in [9.17, 15) is 27.6 Å². The lowest BCUT2D eigenvalue weighted by molar-refractivity contribution is -0.137. The van der Waals surface area contributed by atoms with E-state index in [4.69, 9.17) is 0 Å². The number of halogens is 3. The first-order valence-corrected chi connectivity index (χ1v) is 17.4. The van der Waals surface area contributed by atoms with Gasteiger partial charge in [-0.1, -0.05) is 12.0 Å². The summed E-state index contributed by atoms with van der Waals surface area (Å²) in [6.07, 6.45) is 1.68. The second-order valence-electron chi connectivity index (χ2n) is 13.3. The highest BCUT2D eigenvalue weighted by molar-refractivity contribution is 6.06. The number of nitrogens with zero attached hydrogens (tertiary/aromatic N) is 7. The van der Waals surface area contributed by atoms with Gasteiger partial charge in [0.25, 0.3) is 5.91 Å². The van der Waals surface area contributed by atoms with Crippen LogP contribution in [0.4, 0.5) is 35.0 Å². The molecule has 7 rings (SSSR count). The quantitative estimate of drug-likeness (QED) is 0.206. The normalized spacial score (nSPS) is 15.3.